The molecule has 0 aliphatic carbocycles. The molecule has 0 saturated heterocycles. The maximum atomic E-state index is 12.7. The first-order valence-electron chi connectivity index (χ1n) is 11.0. The summed E-state index contributed by atoms with van der Waals surface area (Å²) in [6, 6.07) is 20.7. The molecule has 2 atom stereocenters. The predicted molar refractivity (Wildman–Crippen MR) is 132 cm³/mol. The smallest absolute Gasteiger partial charge is 0.309 e. The minimum absolute atomic E-state index is 0.0639. The Morgan fingerprint density at radius 2 is 1.61 bits per heavy atom. The number of nitrogens with zero attached hydrogens (tertiary/aromatic N) is 1. The maximum Gasteiger partial charge on any atom is 0.309 e. The molecule has 0 bridgehead atoms. The minimum atomic E-state index is -1.25. The van der Waals surface area contributed by atoms with Crippen LogP contribution in [0.5, 0.6) is 5.75 Å². The highest BCUT2D eigenvalue weighted by Crippen LogP contribution is 2.29. The van der Waals surface area contributed by atoms with E-state index in [4.69, 9.17) is 9.47 Å². The molecule has 186 valence electrons. The quantitative estimate of drug-likeness (QED) is 0.248. The summed E-state index contributed by atoms with van der Waals surface area (Å²) in [4.78, 5) is 48.6. The van der Waals surface area contributed by atoms with Gasteiger partial charge in [0.2, 0.25) is 0 Å². The van der Waals surface area contributed by atoms with Gasteiger partial charge < -0.3 is 20.1 Å². The van der Waals surface area contributed by atoms with Crippen molar-refractivity contribution >= 4 is 29.2 Å². The number of hydrogen-bond acceptors (Lipinski definition) is 7. The zero-order chi connectivity index (χ0) is 26.1. The Morgan fingerprint density at radius 1 is 0.972 bits per heavy atom. The van der Waals surface area contributed by atoms with Gasteiger partial charge in [0, 0.05) is 5.56 Å². The molecule has 0 aliphatic rings. The fourth-order valence-electron chi connectivity index (χ4n) is 3.36. The van der Waals surface area contributed by atoms with Crippen LogP contribution in [0.15, 0.2) is 78.9 Å². The summed E-state index contributed by atoms with van der Waals surface area (Å²) in [6.07, 6.45) is -1.48. The molecule has 2 N–H and O–H groups in total. The van der Waals surface area contributed by atoms with Gasteiger partial charge >= 0.3 is 5.97 Å². The maximum absolute atomic E-state index is 12.7. The number of nitro groups is 1. The molecule has 3 rings (SSSR count). The standard InChI is InChI=1S/C26H25N3O7/c1-17(25(31)27-21-14-13-20(35-2)15-23(21)29(33)34)36-24(30)16-22(18-9-5-3-6-10-18)28-26(32)19-11-7-4-8-12-19/h3-15,17,22H,16H2,1-2H3,(H,27,31)(H,28,32). The third kappa shape index (κ3) is 6.89. The molecule has 0 radical (unpaired) electrons. The summed E-state index contributed by atoms with van der Waals surface area (Å²) in [5, 5.41) is 16.6. The summed E-state index contributed by atoms with van der Waals surface area (Å²) in [5.41, 5.74) is 0.685. The molecule has 0 saturated carbocycles. The van der Waals surface area contributed by atoms with Crippen molar-refractivity contribution in [2.75, 3.05) is 12.4 Å². The fraction of sp³-hybridized carbons (Fsp3) is 0.192. The third-order valence-corrected chi connectivity index (χ3v) is 5.25. The normalized spacial score (nSPS) is 12.1. The number of ether oxygens (including phenoxy) is 2. The molecule has 0 heterocycles. The van der Waals surface area contributed by atoms with Gasteiger partial charge in [0.05, 0.1) is 30.6 Å². The SMILES string of the molecule is COc1ccc(NC(=O)C(C)OC(=O)CC(NC(=O)c2ccccc2)c2ccccc2)c([N+](=O)[O-])c1. The second kappa shape index (κ2) is 12.1. The average Bonchev–Trinajstić information content (AvgIpc) is 2.89. The molecular formula is C26H25N3O7. The molecule has 0 aromatic heterocycles. The Hall–Kier alpha value is -4.73. The first kappa shape index (κ1) is 25.9. The lowest BCUT2D eigenvalue weighted by atomic mass is 10.0. The molecule has 3 aromatic rings. The van der Waals surface area contributed by atoms with Gasteiger partial charge in [-0.15, -0.1) is 0 Å². The molecule has 0 aliphatic heterocycles. The zero-order valence-electron chi connectivity index (χ0n) is 19.7. The lowest BCUT2D eigenvalue weighted by molar-refractivity contribution is -0.384. The van der Waals surface area contributed by atoms with Crippen LogP contribution < -0.4 is 15.4 Å². The van der Waals surface area contributed by atoms with E-state index in [-0.39, 0.29) is 29.5 Å². The number of nitro benzene ring substituents is 1. The molecule has 10 nitrogen and oxygen atoms in total. The van der Waals surface area contributed by atoms with E-state index in [0.29, 0.717) is 11.1 Å². The van der Waals surface area contributed by atoms with Crippen LogP contribution in [-0.4, -0.2) is 35.9 Å². The number of hydrogen-bond donors (Lipinski definition) is 2. The molecule has 10 heteroatoms. The van der Waals surface area contributed by atoms with Crippen molar-refractivity contribution in [2.45, 2.75) is 25.5 Å². The number of esters is 1. The van der Waals surface area contributed by atoms with Gasteiger partial charge in [-0.05, 0) is 36.8 Å². The Morgan fingerprint density at radius 3 is 2.22 bits per heavy atom. The molecule has 3 aromatic carbocycles. The van der Waals surface area contributed by atoms with Crippen LogP contribution in [0, 0.1) is 10.1 Å². The van der Waals surface area contributed by atoms with Gasteiger partial charge in [-0.1, -0.05) is 48.5 Å². The first-order valence-corrected chi connectivity index (χ1v) is 11.0. The molecule has 2 amide bonds. The molecule has 36 heavy (non-hydrogen) atoms. The van der Waals surface area contributed by atoms with E-state index >= 15 is 0 Å². The number of carbonyl (C=O) groups excluding carboxylic acids is 3. The van der Waals surface area contributed by atoms with E-state index in [9.17, 15) is 24.5 Å². The number of amides is 2. The predicted octanol–water partition coefficient (Wildman–Crippen LogP) is 4.04. The Kier molecular flexibility index (Phi) is 8.71. The fourth-order valence-corrected chi connectivity index (χ4v) is 3.36. The van der Waals surface area contributed by atoms with E-state index in [1.54, 1.807) is 54.6 Å². The highest BCUT2D eigenvalue weighted by Gasteiger charge is 2.25. The summed E-state index contributed by atoms with van der Waals surface area (Å²) in [5.74, 6) is -1.59. The van der Waals surface area contributed by atoms with Crippen molar-refractivity contribution in [3.63, 3.8) is 0 Å². The second-order valence-corrected chi connectivity index (χ2v) is 7.77. The highest BCUT2D eigenvalue weighted by molar-refractivity contribution is 5.97. The number of benzene rings is 3. The van der Waals surface area contributed by atoms with Crippen LogP contribution in [0.1, 0.15) is 35.3 Å². The van der Waals surface area contributed by atoms with Gasteiger partial charge in [0.25, 0.3) is 17.5 Å². The highest BCUT2D eigenvalue weighted by atomic mass is 16.6. The van der Waals surface area contributed by atoms with Crippen molar-refractivity contribution < 1.29 is 28.8 Å². The molecular weight excluding hydrogens is 466 g/mol. The van der Waals surface area contributed by atoms with E-state index < -0.39 is 28.9 Å². The Labute approximate surface area is 207 Å². The van der Waals surface area contributed by atoms with E-state index in [1.165, 1.54) is 32.2 Å². The third-order valence-electron chi connectivity index (χ3n) is 5.25. The molecule has 0 spiro atoms. The molecule has 2 unspecified atom stereocenters. The molecule has 0 fully saturated rings. The van der Waals surface area contributed by atoms with E-state index in [0.717, 1.165) is 0 Å². The van der Waals surface area contributed by atoms with Gasteiger partial charge in [-0.25, -0.2) is 0 Å². The zero-order valence-corrected chi connectivity index (χ0v) is 19.7. The second-order valence-electron chi connectivity index (χ2n) is 7.77. The summed E-state index contributed by atoms with van der Waals surface area (Å²) < 4.78 is 10.2. The first-order chi connectivity index (χ1) is 17.3. The van der Waals surface area contributed by atoms with E-state index in [1.807, 2.05) is 6.07 Å². The average molecular weight is 492 g/mol. The van der Waals surface area contributed by atoms with Gasteiger partial charge in [0.1, 0.15) is 11.4 Å². The van der Waals surface area contributed by atoms with E-state index in [2.05, 4.69) is 10.6 Å². The number of carbonyl (C=O) groups is 3. The number of nitrogens with one attached hydrogen (secondary N) is 2. The summed E-state index contributed by atoms with van der Waals surface area (Å²) >= 11 is 0. The lowest BCUT2D eigenvalue weighted by Crippen LogP contribution is -2.34. The van der Waals surface area contributed by atoms with Crippen LogP contribution in [0.25, 0.3) is 0 Å². The van der Waals surface area contributed by atoms with Crippen molar-refractivity contribution in [1.29, 1.82) is 0 Å². The largest absolute Gasteiger partial charge is 0.496 e. The summed E-state index contributed by atoms with van der Waals surface area (Å²) in [7, 11) is 1.36. The van der Waals surface area contributed by atoms with Crippen LogP contribution in [0.4, 0.5) is 11.4 Å². The minimum Gasteiger partial charge on any atom is -0.496 e. The van der Waals surface area contributed by atoms with Gasteiger partial charge in [0.15, 0.2) is 6.10 Å². The lowest BCUT2D eigenvalue weighted by Gasteiger charge is -2.20. The van der Waals surface area contributed by atoms with Gasteiger partial charge in [-0.2, -0.15) is 0 Å². The van der Waals surface area contributed by atoms with Crippen LogP contribution >= 0.6 is 0 Å². The van der Waals surface area contributed by atoms with Crippen LogP contribution in [-0.2, 0) is 14.3 Å². The van der Waals surface area contributed by atoms with Gasteiger partial charge in [-0.3, -0.25) is 24.5 Å². The van der Waals surface area contributed by atoms with Crippen molar-refractivity contribution in [3.8, 4) is 5.75 Å². The number of rotatable bonds is 10. The van der Waals surface area contributed by atoms with Crippen molar-refractivity contribution in [1.82, 2.24) is 5.32 Å². The Bertz CT molecular complexity index is 1230. The van der Waals surface area contributed by atoms with Crippen LogP contribution in [0.2, 0.25) is 0 Å². The monoisotopic (exact) mass is 491 g/mol. The topological polar surface area (TPSA) is 137 Å². The van der Waals surface area contributed by atoms with Crippen molar-refractivity contribution in [3.05, 3.63) is 100 Å². The number of anilines is 1. The van der Waals surface area contributed by atoms with Crippen LogP contribution in [0.3, 0.4) is 0 Å². The van der Waals surface area contributed by atoms with Crippen molar-refractivity contribution in [2.24, 2.45) is 0 Å². The summed E-state index contributed by atoms with van der Waals surface area (Å²) in [6.45, 7) is 1.35. The number of methoxy groups -OCH3 is 1. The Balaban J connectivity index is 1.67.